The Kier molecular flexibility index (Phi) is 2.14. The van der Waals surface area contributed by atoms with Crippen LogP contribution in [0.3, 0.4) is 0 Å². The molecule has 2 nitrogen and oxygen atoms in total. The Labute approximate surface area is 85.8 Å². The Morgan fingerprint density at radius 3 is 2.69 bits per heavy atom. The lowest BCUT2D eigenvalue weighted by Crippen LogP contribution is -1.91. The van der Waals surface area contributed by atoms with Gasteiger partial charge in [-0.25, -0.2) is 0 Å². The van der Waals surface area contributed by atoms with E-state index in [9.17, 15) is 0 Å². The van der Waals surface area contributed by atoms with Gasteiger partial charge in [-0.05, 0) is 25.1 Å². The lowest BCUT2D eigenvalue weighted by Gasteiger charge is -1.95. The normalized spacial score (nSPS) is 10.7. The Hall–Kier alpha value is -0.800. The summed E-state index contributed by atoms with van der Waals surface area (Å²) >= 11 is 7.43. The van der Waals surface area contributed by atoms with Crippen molar-refractivity contribution in [3.8, 4) is 10.6 Å². The molecule has 0 unspecified atom stereocenters. The Balaban J connectivity index is 2.51. The number of hydrogen-bond donors (Lipinski definition) is 0. The first-order valence-electron chi connectivity index (χ1n) is 3.93. The second kappa shape index (κ2) is 3.16. The van der Waals surface area contributed by atoms with Gasteiger partial charge in [0.25, 0.3) is 0 Å². The summed E-state index contributed by atoms with van der Waals surface area (Å²) in [5.74, 6) is 0. The van der Waals surface area contributed by atoms with Crippen molar-refractivity contribution in [3.63, 3.8) is 0 Å². The summed E-state index contributed by atoms with van der Waals surface area (Å²) in [4.78, 5) is 1.16. The molecule has 0 bridgehead atoms. The first kappa shape index (κ1) is 8.78. The van der Waals surface area contributed by atoms with Gasteiger partial charge < -0.3 is 0 Å². The molecule has 0 fully saturated rings. The predicted molar refractivity (Wildman–Crippen MR) is 56.3 cm³/mol. The number of aromatic nitrogens is 2. The molecular weight excluding hydrogens is 204 g/mol. The van der Waals surface area contributed by atoms with Crippen molar-refractivity contribution in [2.24, 2.45) is 7.05 Å². The van der Waals surface area contributed by atoms with E-state index in [1.54, 1.807) is 11.3 Å². The zero-order valence-corrected chi connectivity index (χ0v) is 8.99. The van der Waals surface area contributed by atoms with E-state index in [4.69, 9.17) is 11.6 Å². The maximum Gasteiger partial charge on any atom is 0.0935 e. The minimum atomic E-state index is 0.814. The third-order valence-corrected chi connectivity index (χ3v) is 3.08. The van der Waals surface area contributed by atoms with Crippen LogP contribution in [0.5, 0.6) is 0 Å². The van der Waals surface area contributed by atoms with Crippen LogP contribution in [0.4, 0.5) is 0 Å². The third-order valence-electron chi connectivity index (χ3n) is 1.83. The van der Waals surface area contributed by atoms with Gasteiger partial charge in [0.2, 0.25) is 0 Å². The predicted octanol–water partition coefficient (Wildman–Crippen LogP) is 3.11. The van der Waals surface area contributed by atoms with Gasteiger partial charge in [0.15, 0.2) is 0 Å². The minimum Gasteiger partial charge on any atom is -0.267 e. The van der Waals surface area contributed by atoms with Crippen LogP contribution in [0.25, 0.3) is 10.6 Å². The molecule has 2 aromatic rings. The molecule has 0 saturated carbocycles. The highest BCUT2D eigenvalue weighted by atomic mass is 35.5. The summed E-state index contributed by atoms with van der Waals surface area (Å²) in [6.07, 6.45) is 0. The zero-order valence-electron chi connectivity index (χ0n) is 7.41. The highest BCUT2D eigenvalue weighted by Crippen LogP contribution is 2.30. The van der Waals surface area contributed by atoms with Crippen molar-refractivity contribution >= 4 is 22.9 Å². The summed E-state index contributed by atoms with van der Waals surface area (Å²) in [5, 5.41) is 4.28. The molecule has 0 aromatic carbocycles. The molecule has 13 heavy (non-hydrogen) atoms. The molecule has 2 aromatic heterocycles. The largest absolute Gasteiger partial charge is 0.267 e. The number of thiophene rings is 1. The standard InChI is InChI=1S/C9H9ClN2S/c1-6-5-7(12(2)11-6)8-3-4-9(10)13-8/h3-5H,1-2H3. The first-order valence-corrected chi connectivity index (χ1v) is 5.12. The average Bonchev–Trinajstić information content (AvgIpc) is 2.58. The molecule has 0 aliphatic rings. The average molecular weight is 213 g/mol. The molecule has 0 aliphatic carbocycles. The Morgan fingerprint density at radius 2 is 2.23 bits per heavy atom. The molecule has 0 aliphatic heterocycles. The second-order valence-corrected chi connectivity index (χ2v) is 4.61. The highest BCUT2D eigenvalue weighted by Gasteiger charge is 2.06. The molecule has 0 saturated heterocycles. The van der Waals surface area contributed by atoms with Gasteiger partial charge in [0, 0.05) is 7.05 Å². The smallest absolute Gasteiger partial charge is 0.0935 e. The number of hydrogen-bond acceptors (Lipinski definition) is 2. The molecule has 2 heterocycles. The monoisotopic (exact) mass is 212 g/mol. The summed E-state index contributed by atoms with van der Waals surface area (Å²) in [6, 6.07) is 5.98. The summed E-state index contributed by atoms with van der Waals surface area (Å²) in [6.45, 7) is 1.98. The fourth-order valence-electron chi connectivity index (χ4n) is 1.29. The van der Waals surface area contributed by atoms with Crippen molar-refractivity contribution in [1.82, 2.24) is 9.78 Å². The molecule has 2 rings (SSSR count). The lowest BCUT2D eigenvalue weighted by molar-refractivity contribution is 0.765. The van der Waals surface area contributed by atoms with E-state index < -0.39 is 0 Å². The fraction of sp³-hybridized carbons (Fsp3) is 0.222. The van der Waals surface area contributed by atoms with E-state index in [1.165, 1.54) is 0 Å². The zero-order chi connectivity index (χ0) is 9.42. The third kappa shape index (κ3) is 1.62. The molecule has 0 N–H and O–H groups in total. The van der Waals surface area contributed by atoms with E-state index in [-0.39, 0.29) is 0 Å². The van der Waals surface area contributed by atoms with Gasteiger partial charge in [-0.1, -0.05) is 11.6 Å². The van der Waals surface area contributed by atoms with E-state index in [1.807, 2.05) is 30.8 Å². The highest BCUT2D eigenvalue weighted by molar-refractivity contribution is 7.19. The van der Waals surface area contributed by atoms with Crippen molar-refractivity contribution in [2.75, 3.05) is 0 Å². The van der Waals surface area contributed by atoms with Crippen molar-refractivity contribution < 1.29 is 0 Å². The topological polar surface area (TPSA) is 17.8 Å². The number of nitrogens with zero attached hydrogens (tertiary/aromatic N) is 2. The van der Waals surface area contributed by atoms with Crippen LogP contribution < -0.4 is 0 Å². The van der Waals surface area contributed by atoms with Crippen LogP contribution in [-0.4, -0.2) is 9.78 Å². The van der Waals surface area contributed by atoms with Crippen LogP contribution in [0.2, 0.25) is 4.34 Å². The SMILES string of the molecule is Cc1cc(-c2ccc(Cl)s2)n(C)n1. The number of rotatable bonds is 1. The van der Waals surface area contributed by atoms with Crippen LogP contribution in [0, 0.1) is 6.92 Å². The summed E-state index contributed by atoms with van der Waals surface area (Å²) in [5.41, 5.74) is 2.15. The number of aryl methyl sites for hydroxylation is 2. The van der Waals surface area contributed by atoms with Crippen LogP contribution >= 0.6 is 22.9 Å². The molecular formula is C9H9ClN2S. The molecule has 0 radical (unpaired) electrons. The van der Waals surface area contributed by atoms with Gasteiger partial charge in [0.1, 0.15) is 0 Å². The lowest BCUT2D eigenvalue weighted by atomic mass is 10.3. The van der Waals surface area contributed by atoms with Crippen molar-refractivity contribution in [2.45, 2.75) is 6.92 Å². The van der Waals surface area contributed by atoms with Crippen LogP contribution in [0.1, 0.15) is 5.69 Å². The second-order valence-electron chi connectivity index (χ2n) is 2.90. The summed E-state index contributed by atoms with van der Waals surface area (Å²) < 4.78 is 2.69. The molecule has 68 valence electrons. The van der Waals surface area contributed by atoms with Crippen LogP contribution in [0.15, 0.2) is 18.2 Å². The molecule has 0 atom stereocenters. The first-order chi connectivity index (χ1) is 6.16. The Morgan fingerprint density at radius 1 is 1.46 bits per heavy atom. The quantitative estimate of drug-likeness (QED) is 0.710. The fourth-order valence-corrected chi connectivity index (χ4v) is 2.38. The van der Waals surface area contributed by atoms with Crippen molar-refractivity contribution in [3.05, 3.63) is 28.2 Å². The van der Waals surface area contributed by atoms with E-state index in [2.05, 4.69) is 11.2 Å². The van der Waals surface area contributed by atoms with E-state index in [0.29, 0.717) is 0 Å². The van der Waals surface area contributed by atoms with E-state index >= 15 is 0 Å². The molecule has 0 amide bonds. The summed E-state index contributed by atoms with van der Waals surface area (Å²) in [7, 11) is 1.94. The molecule has 4 heteroatoms. The maximum absolute atomic E-state index is 5.86. The minimum absolute atomic E-state index is 0.814. The maximum atomic E-state index is 5.86. The molecule has 0 spiro atoms. The van der Waals surface area contributed by atoms with Crippen molar-refractivity contribution in [1.29, 1.82) is 0 Å². The van der Waals surface area contributed by atoms with E-state index in [0.717, 1.165) is 20.6 Å². The van der Waals surface area contributed by atoms with Gasteiger partial charge in [-0.15, -0.1) is 11.3 Å². The van der Waals surface area contributed by atoms with Gasteiger partial charge in [0.05, 0.1) is 20.6 Å². The Bertz CT molecular complexity index is 431. The number of halogens is 1. The van der Waals surface area contributed by atoms with Gasteiger partial charge in [-0.2, -0.15) is 5.10 Å². The van der Waals surface area contributed by atoms with Gasteiger partial charge in [-0.3, -0.25) is 4.68 Å². The van der Waals surface area contributed by atoms with Crippen LogP contribution in [-0.2, 0) is 7.05 Å². The van der Waals surface area contributed by atoms with Gasteiger partial charge >= 0.3 is 0 Å².